The Morgan fingerprint density at radius 1 is 0.941 bits per heavy atom. The Labute approximate surface area is 205 Å². The third-order valence-corrected chi connectivity index (χ3v) is 7.06. The van der Waals surface area contributed by atoms with E-state index >= 15 is 0 Å². The minimum Gasteiger partial charge on any atom is -0.493 e. The first-order valence-electron chi connectivity index (χ1n) is 10.4. The smallest absolute Gasteiger partial charge is 0.255 e. The van der Waals surface area contributed by atoms with Gasteiger partial charge in [-0.05, 0) is 61.0 Å². The number of aryl methyl sites for hydroxylation is 1. The average molecular weight is 494 g/mol. The number of amides is 2. The molecule has 0 unspecified atom stereocenters. The summed E-state index contributed by atoms with van der Waals surface area (Å²) in [6, 6.07) is 18.2. The van der Waals surface area contributed by atoms with E-state index in [9.17, 15) is 9.59 Å². The van der Waals surface area contributed by atoms with Crippen molar-refractivity contribution in [3.05, 3.63) is 71.8 Å². The van der Waals surface area contributed by atoms with E-state index in [0.717, 1.165) is 25.8 Å². The van der Waals surface area contributed by atoms with Crippen LogP contribution >= 0.6 is 23.1 Å². The fourth-order valence-electron chi connectivity index (χ4n) is 3.27. The normalized spacial score (nSPS) is 10.7. The van der Waals surface area contributed by atoms with Gasteiger partial charge in [-0.2, -0.15) is 0 Å². The SMILES string of the molecule is COc1ccc(C(=O)Nc2ccc3nc(SCC(=O)Nc4cccc(C)c4)sc3c2)cc1OC. The van der Waals surface area contributed by atoms with Crippen LogP contribution in [0.1, 0.15) is 15.9 Å². The highest BCUT2D eigenvalue weighted by atomic mass is 32.2. The number of ether oxygens (including phenoxy) is 2. The molecule has 0 saturated heterocycles. The molecule has 0 fully saturated rings. The van der Waals surface area contributed by atoms with Gasteiger partial charge in [0.2, 0.25) is 5.91 Å². The standard InChI is InChI=1S/C25H23N3O4S2/c1-15-5-4-6-17(11-15)26-23(29)14-33-25-28-19-9-8-18(13-22(19)34-25)27-24(30)16-7-10-20(31-2)21(12-16)32-3/h4-13H,14H2,1-3H3,(H,26,29)(H,27,30). The van der Waals surface area contributed by atoms with Crippen LogP contribution in [0.4, 0.5) is 11.4 Å². The van der Waals surface area contributed by atoms with Gasteiger partial charge in [-0.1, -0.05) is 23.9 Å². The molecule has 0 aliphatic rings. The summed E-state index contributed by atoms with van der Waals surface area (Å²) in [5.41, 5.74) is 3.80. The zero-order valence-corrected chi connectivity index (χ0v) is 20.5. The van der Waals surface area contributed by atoms with Crippen molar-refractivity contribution in [1.29, 1.82) is 0 Å². The molecule has 0 atom stereocenters. The van der Waals surface area contributed by atoms with Crippen LogP contribution in [0.2, 0.25) is 0 Å². The van der Waals surface area contributed by atoms with E-state index in [2.05, 4.69) is 15.6 Å². The predicted octanol–water partition coefficient (Wildman–Crippen LogP) is 5.61. The fourth-order valence-corrected chi connectivity index (χ4v) is 5.18. The van der Waals surface area contributed by atoms with Crippen molar-refractivity contribution in [3.8, 4) is 11.5 Å². The lowest BCUT2D eigenvalue weighted by atomic mass is 10.2. The van der Waals surface area contributed by atoms with Crippen LogP contribution in [0.25, 0.3) is 10.2 Å². The van der Waals surface area contributed by atoms with Crippen molar-refractivity contribution in [2.45, 2.75) is 11.3 Å². The van der Waals surface area contributed by atoms with Gasteiger partial charge in [0.05, 0.1) is 30.2 Å². The summed E-state index contributed by atoms with van der Waals surface area (Å²) in [4.78, 5) is 29.6. The van der Waals surface area contributed by atoms with E-state index in [-0.39, 0.29) is 17.6 Å². The Bertz CT molecular complexity index is 1350. The van der Waals surface area contributed by atoms with Crippen LogP contribution in [-0.4, -0.2) is 36.8 Å². The highest BCUT2D eigenvalue weighted by molar-refractivity contribution is 8.01. The lowest BCUT2D eigenvalue weighted by molar-refractivity contribution is -0.113. The van der Waals surface area contributed by atoms with Gasteiger partial charge in [-0.25, -0.2) is 4.98 Å². The van der Waals surface area contributed by atoms with Gasteiger partial charge >= 0.3 is 0 Å². The minimum absolute atomic E-state index is 0.0854. The number of carbonyl (C=O) groups is 2. The van der Waals surface area contributed by atoms with E-state index in [1.807, 2.05) is 43.3 Å². The number of carbonyl (C=O) groups excluding carboxylic acids is 2. The molecule has 1 heterocycles. The van der Waals surface area contributed by atoms with Gasteiger partial charge in [-0.15, -0.1) is 11.3 Å². The molecule has 0 radical (unpaired) electrons. The van der Waals surface area contributed by atoms with Crippen molar-refractivity contribution in [3.63, 3.8) is 0 Å². The quantitative estimate of drug-likeness (QED) is 0.310. The van der Waals surface area contributed by atoms with Gasteiger partial charge in [0.25, 0.3) is 5.91 Å². The monoisotopic (exact) mass is 493 g/mol. The molecule has 2 N–H and O–H groups in total. The van der Waals surface area contributed by atoms with E-state index in [1.165, 1.54) is 30.2 Å². The van der Waals surface area contributed by atoms with E-state index in [0.29, 0.717) is 22.7 Å². The van der Waals surface area contributed by atoms with Crippen LogP contribution < -0.4 is 20.1 Å². The molecule has 9 heteroatoms. The summed E-state index contributed by atoms with van der Waals surface area (Å²) in [5.74, 6) is 0.963. The highest BCUT2D eigenvalue weighted by Gasteiger charge is 2.13. The summed E-state index contributed by atoms with van der Waals surface area (Å²) in [6.07, 6.45) is 0. The second-order valence-corrected chi connectivity index (χ2v) is 9.65. The largest absolute Gasteiger partial charge is 0.493 e. The van der Waals surface area contributed by atoms with E-state index in [4.69, 9.17) is 9.47 Å². The first-order valence-corrected chi connectivity index (χ1v) is 12.2. The lowest BCUT2D eigenvalue weighted by Gasteiger charge is -2.10. The number of anilines is 2. The molecule has 0 bridgehead atoms. The third-order valence-electron chi connectivity index (χ3n) is 4.90. The number of fused-ring (bicyclic) bond motifs is 1. The molecule has 2 amide bonds. The molecule has 0 spiro atoms. The number of benzene rings is 3. The van der Waals surface area contributed by atoms with Gasteiger partial charge in [0.1, 0.15) is 0 Å². The van der Waals surface area contributed by atoms with Gasteiger partial charge in [0.15, 0.2) is 15.8 Å². The number of nitrogens with one attached hydrogen (secondary N) is 2. The zero-order valence-electron chi connectivity index (χ0n) is 18.9. The van der Waals surface area contributed by atoms with Crippen LogP contribution in [0.3, 0.4) is 0 Å². The molecule has 4 aromatic rings. The van der Waals surface area contributed by atoms with Crippen LogP contribution in [-0.2, 0) is 4.79 Å². The molecule has 0 aliphatic heterocycles. The molecule has 0 aliphatic carbocycles. The molecule has 7 nitrogen and oxygen atoms in total. The summed E-state index contributed by atoms with van der Waals surface area (Å²) in [7, 11) is 3.07. The van der Waals surface area contributed by atoms with Gasteiger partial charge < -0.3 is 20.1 Å². The molecule has 4 rings (SSSR count). The number of methoxy groups -OCH3 is 2. The van der Waals surface area contributed by atoms with E-state index < -0.39 is 0 Å². The highest BCUT2D eigenvalue weighted by Crippen LogP contribution is 2.32. The Morgan fingerprint density at radius 3 is 2.50 bits per heavy atom. The van der Waals surface area contributed by atoms with Crippen LogP contribution in [0, 0.1) is 6.92 Å². The number of aromatic nitrogens is 1. The van der Waals surface area contributed by atoms with Crippen molar-refractivity contribution < 1.29 is 19.1 Å². The predicted molar refractivity (Wildman–Crippen MR) is 138 cm³/mol. The number of nitrogens with zero attached hydrogens (tertiary/aromatic N) is 1. The van der Waals surface area contributed by atoms with Crippen molar-refractivity contribution in [1.82, 2.24) is 4.98 Å². The number of hydrogen-bond donors (Lipinski definition) is 2. The maximum atomic E-state index is 12.7. The number of hydrogen-bond acceptors (Lipinski definition) is 7. The van der Waals surface area contributed by atoms with Crippen LogP contribution in [0.5, 0.6) is 11.5 Å². The minimum atomic E-state index is -0.257. The Balaban J connectivity index is 1.40. The number of thiazole rings is 1. The maximum absolute atomic E-state index is 12.7. The molecular formula is C25H23N3O4S2. The molecule has 174 valence electrons. The average Bonchev–Trinajstić information content (AvgIpc) is 3.24. The van der Waals surface area contributed by atoms with Gasteiger partial charge in [-0.3, -0.25) is 9.59 Å². The summed E-state index contributed by atoms with van der Waals surface area (Å²) < 4.78 is 12.2. The topological polar surface area (TPSA) is 89.5 Å². The van der Waals surface area contributed by atoms with Crippen molar-refractivity contribution in [2.24, 2.45) is 0 Å². The summed E-state index contributed by atoms with van der Waals surface area (Å²) in [6.45, 7) is 1.98. The molecular weight excluding hydrogens is 470 g/mol. The second kappa shape index (κ2) is 10.6. The van der Waals surface area contributed by atoms with Crippen molar-refractivity contribution >= 4 is 56.5 Å². The number of rotatable bonds is 8. The van der Waals surface area contributed by atoms with Crippen molar-refractivity contribution in [2.75, 3.05) is 30.6 Å². The van der Waals surface area contributed by atoms with E-state index in [1.54, 1.807) is 31.4 Å². The van der Waals surface area contributed by atoms with Gasteiger partial charge in [0, 0.05) is 16.9 Å². The number of thioether (sulfide) groups is 1. The second-order valence-electron chi connectivity index (χ2n) is 7.39. The van der Waals surface area contributed by atoms with Crippen LogP contribution in [0.15, 0.2) is 65.0 Å². The summed E-state index contributed by atoms with van der Waals surface area (Å²) in [5, 5.41) is 5.80. The molecule has 3 aromatic carbocycles. The lowest BCUT2D eigenvalue weighted by Crippen LogP contribution is -2.13. The molecule has 0 saturated carbocycles. The molecule has 34 heavy (non-hydrogen) atoms. The first-order chi connectivity index (χ1) is 16.4. The molecule has 1 aromatic heterocycles. The summed E-state index contributed by atoms with van der Waals surface area (Å²) >= 11 is 2.86. The third kappa shape index (κ3) is 5.67. The fraction of sp³-hybridized carbons (Fsp3) is 0.160. The first kappa shape index (κ1) is 23.6. The zero-order chi connectivity index (χ0) is 24.1. The Kier molecular flexibility index (Phi) is 7.34. The Hall–Kier alpha value is -3.56. The maximum Gasteiger partial charge on any atom is 0.255 e. The Morgan fingerprint density at radius 2 is 1.74 bits per heavy atom.